The van der Waals surface area contributed by atoms with Crippen molar-refractivity contribution >= 4 is 6.03 Å². The number of fused-ring (bicyclic) bond motifs is 1. The van der Waals surface area contributed by atoms with Crippen LogP contribution in [0.1, 0.15) is 12.0 Å². The molecule has 1 aliphatic rings. The van der Waals surface area contributed by atoms with Gasteiger partial charge < -0.3 is 20.1 Å². The van der Waals surface area contributed by atoms with Crippen molar-refractivity contribution < 1.29 is 14.3 Å². The van der Waals surface area contributed by atoms with Crippen LogP contribution in [0.15, 0.2) is 54.6 Å². The number of urea groups is 1. The van der Waals surface area contributed by atoms with E-state index in [0.29, 0.717) is 19.7 Å². The largest absolute Gasteiger partial charge is 0.486 e. The van der Waals surface area contributed by atoms with Gasteiger partial charge >= 0.3 is 6.03 Å². The van der Waals surface area contributed by atoms with Crippen LogP contribution in [0.4, 0.5) is 4.79 Å². The molecule has 1 unspecified atom stereocenters. The fraction of sp³-hybridized carbons (Fsp3) is 0.316. The first kappa shape index (κ1) is 16.2. The van der Waals surface area contributed by atoms with Crippen LogP contribution in [-0.2, 0) is 6.42 Å². The maximum atomic E-state index is 11.8. The van der Waals surface area contributed by atoms with Gasteiger partial charge in [-0.2, -0.15) is 0 Å². The SMILES string of the molecule is O=C(NCCCc1ccccc1)NCC1COc2ccccc2O1. The van der Waals surface area contributed by atoms with Gasteiger partial charge in [-0.05, 0) is 30.5 Å². The molecule has 24 heavy (non-hydrogen) atoms. The van der Waals surface area contributed by atoms with E-state index >= 15 is 0 Å². The molecular formula is C19H22N2O3. The van der Waals surface area contributed by atoms with Gasteiger partial charge in [0.25, 0.3) is 0 Å². The number of hydrogen-bond donors (Lipinski definition) is 2. The zero-order valence-electron chi connectivity index (χ0n) is 13.5. The van der Waals surface area contributed by atoms with Gasteiger partial charge in [-0.3, -0.25) is 0 Å². The molecule has 2 N–H and O–H groups in total. The fourth-order valence-electron chi connectivity index (χ4n) is 2.57. The number of ether oxygens (including phenoxy) is 2. The summed E-state index contributed by atoms with van der Waals surface area (Å²) in [5.41, 5.74) is 1.28. The number of hydrogen-bond acceptors (Lipinski definition) is 3. The van der Waals surface area contributed by atoms with Crippen LogP contribution in [0.3, 0.4) is 0 Å². The van der Waals surface area contributed by atoms with E-state index in [9.17, 15) is 4.79 Å². The first-order valence-electron chi connectivity index (χ1n) is 8.25. The molecule has 5 nitrogen and oxygen atoms in total. The molecule has 0 bridgehead atoms. The fourth-order valence-corrected chi connectivity index (χ4v) is 2.57. The Kier molecular flexibility index (Phi) is 5.56. The molecule has 1 aliphatic heterocycles. The number of carbonyl (C=O) groups excluding carboxylic acids is 1. The zero-order valence-corrected chi connectivity index (χ0v) is 13.5. The van der Waals surface area contributed by atoms with Crippen molar-refractivity contribution in [1.82, 2.24) is 10.6 Å². The maximum Gasteiger partial charge on any atom is 0.314 e. The quantitative estimate of drug-likeness (QED) is 0.803. The highest BCUT2D eigenvalue weighted by molar-refractivity contribution is 5.73. The second-order valence-corrected chi connectivity index (χ2v) is 5.72. The summed E-state index contributed by atoms with van der Waals surface area (Å²) in [6.45, 7) is 1.50. The maximum absolute atomic E-state index is 11.8. The van der Waals surface area contributed by atoms with Crippen LogP contribution >= 0.6 is 0 Å². The van der Waals surface area contributed by atoms with Gasteiger partial charge in [0.1, 0.15) is 6.61 Å². The lowest BCUT2D eigenvalue weighted by atomic mass is 10.1. The molecule has 2 aromatic carbocycles. The van der Waals surface area contributed by atoms with Crippen molar-refractivity contribution in [1.29, 1.82) is 0 Å². The van der Waals surface area contributed by atoms with Gasteiger partial charge in [-0.25, -0.2) is 4.79 Å². The molecule has 1 heterocycles. The van der Waals surface area contributed by atoms with Crippen LogP contribution in [0, 0.1) is 0 Å². The number of benzene rings is 2. The van der Waals surface area contributed by atoms with E-state index in [1.54, 1.807) is 0 Å². The Bertz CT molecular complexity index is 661. The first-order chi connectivity index (χ1) is 11.8. The Hall–Kier alpha value is -2.69. The normalized spacial score (nSPS) is 15.6. The van der Waals surface area contributed by atoms with Crippen LogP contribution in [0.5, 0.6) is 11.5 Å². The summed E-state index contributed by atoms with van der Waals surface area (Å²) in [5.74, 6) is 1.47. The van der Waals surface area contributed by atoms with Crippen molar-refractivity contribution in [2.24, 2.45) is 0 Å². The summed E-state index contributed by atoms with van der Waals surface area (Å²) in [6.07, 6.45) is 1.70. The number of rotatable bonds is 6. The molecule has 1 atom stereocenters. The lowest BCUT2D eigenvalue weighted by Crippen LogP contribution is -2.44. The smallest absolute Gasteiger partial charge is 0.314 e. The van der Waals surface area contributed by atoms with Gasteiger partial charge in [-0.15, -0.1) is 0 Å². The van der Waals surface area contributed by atoms with Gasteiger partial charge in [0.15, 0.2) is 17.6 Å². The van der Waals surface area contributed by atoms with Crippen molar-refractivity contribution in [3.8, 4) is 11.5 Å². The molecule has 3 rings (SSSR count). The highest BCUT2D eigenvalue weighted by Gasteiger charge is 2.20. The number of carbonyl (C=O) groups is 1. The molecule has 126 valence electrons. The van der Waals surface area contributed by atoms with Gasteiger partial charge in [0.05, 0.1) is 6.54 Å². The Morgan fingerprint density at radius 1 is 1.00 bits per heavy atom. The average Bonchev–Trinajstić information content (AvgIpc) is 2.64. The van der Waals surface area contributed by atoms with Gasteiger partial charge in [0, 0.05) is 6.54 Å². The summed E-state index contributed by atoms with van der Waals surface area (Å²) in [5, 5.41) is 5.69. The molecule has 0 spiro atoms. The summed E-state index contributed by atoms with van der Waals surface area (Å²) in [7, 11) is 0. The number of para-hydroxylation sites is 2. The third kappa shape index (κ3) is 4.65. The Labute approximate surface area is 142 Å². The van der Waals surface area contributed by atoms with E-state index in [0.717, 1.165) is 24.3 Å². The molecule has 2 aromatic rings. The molecule has 0 radical (unpaired) electrons. The van der Waals surface area contributed by atoms with Gasteiger partial charge in [0.2, 0.25) is 0 Å². The second kappa shape index (κ2) is 8.24. The zero-order chi connectivity index (χ0) is 16.6. The average molecular weight is 326 g/mol. The third-order valence-electron chi connectivity index (χ3n) is 3.83. The molecule has 2 amide bonds. The van der Waals surface area contributed by atoms with Crippen molar-refractivity contribution in [2.75, 3.05) is 19.7 Å². The highest BCUT2D eigenvalue weighted by Crippen LogP contribution is 2.30. The molecular weight excluding hydrogens is 304 g/mol. The van der Waals surface area contributed by atoms with Crippen molar-refractivity contribution in [2.45, 2.75) is 18.9 Å². The van der Waals surface area contributed by atoms with Crippen LogP contribution in [0.2, 0.25) is 0 Å². The number of aryl methyl sites for hydroxylation is 1. The lowest BCUT2D eigenvalue weighted by Gasteiger charge is -2.26. The van der Waals surface area contributed by atoms with Crippen molar-refractivity contribution in [3.63, 3.8) is 0 Å². The molecule has 5 heteroatoms. The summed E-state index contributed by atoms with van der Waals surface area (Å²) < 4.78 is 11.4. The monoisotopic (exact) mass is 326 g/mol. The van der Waals surface area contributed by atoms with E-state index in [1.807, 2.05) is 42.5 Å². The van der Waals surface area contributed by atoms with Crippen LogP contribution in [0.25, 0.3) is 0 Å². The summed E-state index contributed by atoms with van der Waals surface area (Å²) in [4.78, 5) is 11.8. The molecule has 0 fully saturated rings. The standard InChI is InChI=1S/C19H22N2O3/c22-19(20-12-6-9-15-7-2-1-3-8-15)21-13-16-14-23-17-10-4-5-11-18(17)24-16/h1-5,7-8,10-11,16H,6,9,12-14H2,(H2,20,21,22). The van der Waals surface area contributed by atoms with E-state index in [1.165, 1.54) is 5.56 Å². The molecule has 0 aromatic heterocycles. The Morgan fingerprint density at radius 3 is 2.58 bits per heavy atom. The van der Waals surface area contributed by atoms with Crippen LogP contribution < -0.4 is 20.1 Å². The van der Waals surface area contributed by atoms with Crippen LogP contribution in [-0.4, -0.2) is 31.8 Å². The second-order valence-electron chi connectivity index (χ2n) is 5.72. The number of nitrogens with one attached hydrogen (secondary N) is 2. The molecule has 0 saturated carbocycles. The Balaban J connectivity index is 1.32. The molecule has 0 aliphatic carbocycles. The predicted octanol–water partition coefficient (Wildman–Crippen LogP) is 2.76. The predicted molar refractivity (Wildman–Crippen MR) is 92.5 cm³/mol. The van der Waals surface area contributed by atoms with E-state index in [-0.39, 0.29) is 12.1 Å². The van der Waals surface area contributed by atoms with Crippen molar-refractivity contribution in [3.05, 3.63) is 60.2 Å². The minimum Gasteiger partial charge on any atom is -0.486 e. The lowest BCUT2D eigenvalue weighted by molar-refractivity contribution is 0.0918. The van der Waals surface area contributed by atoms with Gasteiger partial charge in [-0.1, -0.05) is 42.5 Å². The summed E-state index contributed by atoms with van der Waals surface area (Å²) in [6, 6.07) is 17.6. The summed E-state index contributed by atoms with van der Waals surface area (Å²) >= 11 is 0. The Morgan fingerprint density at radius 2 is 1.75 bits per heavy atom. The topological polar surface area (TPSA) is 59.6 Å². The first-order valence-corrected chi connectivity index (χ1v) is 8.25. The van der Waals surface area contributed by atoms with E-state index in [4.69, 9.17) is 9.47 Å². The third-order valence-corrected chi connectivity index (χ3v) is 3.83. The minimum absolute atomic E-state index is 0.171. The van der Waals surface area contributed by atoms with E-state index in [2.05, 4.69) is 22.8 Å². The molecule has 0 saturated heterocycles. The van der Waals surface area contributed by atoms with E-state index < -0.39 is 0 Å². The highest BCUT2D eigenvalue weighted by atomic mass is 16.6. The number of amides is 2. The minimum atomic E-state index is -0.175.